The lowest BCUT2D eigenvalue weighted by atomic mass is 9.82. The number of carbonyl (C=O) groups excluding carboxylic acids is 2. The number of hydrogen-bond donors (Lipinski definition) is 3. The molecule has 0 radical (unpaired) electrons. The molecule has 0 unspecified atom stereocenters. The standard InChI is InChI=1S/C16H22ClNO4.C16H20ClNO2.C11H12ClN.CH2Cl2.CH4.ClH/c1-15(2,3)22-14(20)18-9-8-16(21,13(19)10-18)11-4-6-12(17)7-5-11;1-16(2,3)20-15(19)18-10-8-13(9-11-18)12-4-6-14(17)7-5-12;12-11-3-1-9(2-4-11)10-5-7-13-8-6-10;2-1-3;;/h4-7,13,19,21H,8-10H2,1-3H3;4-8H,9-11H2,1-3H3;1-5,13H,6-8H2;1H2;1H4;1H/t13-,16-;;;;;/m1...../s1. The summed E-state index contributed by atoms with van der Waals surface area (Å²) in [5.41, 5.74) is 3.31. The van der Waals surface area contributed by atoms with E-state index in [0.717, 1.165) is 36.0 Å². The Bertz CT molecular complexity index is 1810. The summed E-state index contributed by atoms with van der Waals surface area (Å²) in [6.07, 6.45) is 4.68. The van der Waals surface area contributed by atoms with E-state index in [0.29, 0.717) is 30.2 Å². The van der Waals surface area contributed by atoms with Crippen LogP contribution in [0, 0.1) is 0 Å². The lowest BCUT2D eigenvalue weighted by Crippen LogP contribution is -2.55. The summed E-state index contributed by atoms with van der Waals surface area (Å²) < 4.78 is 10.7. The number of amides is 2. The Labute approximate surface area is 388 Å². The second kappa shape index (κ2) is 26.0. The van der Waals surface area contributed by atoms with Crippen molar-refractivity contribution in [1.29, 1.82) is 0 Å². The number of nitrogens with zero attached hydrogens (tertiary/aromatic N) is 2. The van der Waals surface area contributed by atoms with Crippen molar-refractivity contribution < 1.29 is 29.3 Å². The first-order chi connectivity index (χ1) is 27.2. The molecule has 3 aromatic carbocycles. The zero-order chi connectivity index (χ0) is 43.1. The van der Waals surface area contributed by atoms with Gasteiger partial charge >= 0.3 is 12.2 Å². The van der Waals surface area contributed by atoms with E-state index in [2.05, 4.69) is 29.6 Å². The van der Waals surface area contributed by atoms with E-state index < -0.39 is 29.0 Å². The third kappa shape index (κ3) is 18.7. The van der Waals surface area contributed by atoms with Gasteiger partial charge in [0, 0.05) is 47.7 Å². The first kappa shape index (κ1) is 55.3. The number of benzene rings is 3. The smallest absolute Gasteiger partial charge is 0.410 e. The number of hydrogen-bond acceptors (Lipinski definition) is 7. The molecule has 3 heterocycles. The molecule has 3 aliphatic heterocycles. The zero-order valence-electron chi connectivity index (χ0n) is 34.5. The maximum Gasteiger partial charge on any atom is 0.410 e. The molecule has 15 heteroatoms. The molecule has 0 saturated carbocycles. The highest BCUT2D eigenvalue weighted by atomic mass is 35.5. The van der Waals surface area contributed by atoms with Crippen LogP contribution < -0.4 is 5.32 Å². The van der Waals surface area contributed by atoms with Crippen LogP contribution in [0.2, 0.25) is 15.1 Å². The van der Waals surface area contributed by atoms with Crippen LogP contribution >= 0.6 is 70.4 Å². The van der Waals surface area contributed by atoms with Crippen LogP contribution in [0.25, 0.3) is 11.1 Å². The normalized spacial score (nSPS) is 18.7. The Balaban J connectivity index is 0.000000439. The molecular weight excluding hydrogens is 891 g/mol. The van der Waals surface area contributed by atoms with Crippen molar-refractivity contribution in [3.05, 3.63) is 117 Å². The van der Waals surface area contributed by atoms with Crippen LogP contribution in [0.3, 0.4) is 0 Å². The van der Waals surface area contributed by atoms with Crippen molar-refractivity contribution in [3.63, 3.8) is 0 Å². The molecule has 334 valence electrons. The van der Waals surface area contributed by atoms with Gasteiger partial charge in [-0.25, -0.2) is 9.59 Å². The van der Waals surface area contributed by atoms with E-state index in [9.17, 15) is 19.8 Å². The second-order valence-electron chi connectivity index (χ2n) is 15.8. The number of likely N-dealkylation sites (tertiary alicyclic amines) is 1. The highest BCUT2D eigenvalue weighted by Crippen LogP contribution is 2.34. The van der Waals surface area contributed by atoms with E-state index in [1.54, 1.807) is 49.9 Å². The van der Waals surface area contributed by atoms with Gasteiger partial charge < -0.3 is 34.8 Å². The lowest BCUT2D eigenvalue weighted by molar-refractivity contribution is -0.123. The quantitative estimate of drug-likeness (QED) is 0.224. The minimum Gasteiger partial charge on any atom is -0.444 e. The van der Waals surface area contributed by atoms with Crippen molar-refractivity contribution in [2.75, 3.05) is 44.6 Å². The van der Waals surface area contributed by atoms with Gasteiger partial charge in [0.25, 0.3) is 0 Å². The van der Waals surface area contributed by atoms with Gasteiger partial charge in [-0.3, -0.25) is 0 Å². The Morgan fingerprint density at radius 3 is 1.55 bits per heavy atom. The summed E-state index contributed by atoms with van der Waals surface area (Å²) in [7, 11) is 0. The van der Waals surface area contributed by atoms with Gasteiger partial charge in [-0.1, -0.05) is 90.8 Å². The van der Waals surface area contributed by atoms with E-state index in [4.69, 9.17) is 67.5 Å². The van der Waals surface area contributed by atoms with Crippen LogP contribution in [0.15, 0.2) is 84.9 Å². The molecule has 0 aliphatic carbocycles. The fraction of sp³-hybridized carbons (Fsp3) is 0.467. The maximum absolute atomic E-state index is 12.0. The topological polar surface area (TPSA) is 112 Å². The molecule has 3 aromatic rings. The summed E-state index contributed by atoms with van der Waals surface area (Å²) in [6.45, 7) is 14.7. The third-order valence-corrected chi connectivity index (χ3v) is 9.81. The maximum atomic E-state index is 12.0. The van der Waals surface area contributed by atoms with Crippen molar-refractivity contribution in [3.8, 4) is 0 Å². The highest BCUT2D eigenvalue weighted by Gasteiger charge is 2.44. The van der Waals surface area contributed by atoms with Crippen LogP contribution in [-0.2, 0) is 15.1 Å². The van der Waals surface area contributed by atoms with Gasteiger partial charge in [0.15, 0.2) is 0 Å². The van der Waals surface area contributed by atoms with Crippen LogP contribution in [-0.4, -0.2) is 94.1 Å². The molecule has 1 saturated heterocycles. The summed E-state index contributed by atoms with van der Waals surface area (Å²) >= 11 is 27.1. The summed E-state index contributed by atoms with van der Waals surface area (Å²) in [5, 5.41) is 26.7. The Kier molecular flexibility index (Phi) is 24.0. The first-order valence-electron chi connectivity index (χ1n) is 19.1. The number of aliphatic hydroxyl groups is 2. The monoisotopic (exact) mass is 949 g/mol. The average Bonchev–Trinajstić information content (AvgIpc) is 3.17. The van der Waals surface area contributed by atoms with Crippen molar-refractivity contribution in [1.82, 2.24) is 15.1 Å². The molecule has 60 heavy (non-hydrogen) atoms. The van der Waals surface area contributed by atoms with Crippen LogP contribution in [0.5, 0.6) is 0 Å². The second-order valence-corrected chi connectivity index (χ2v) is 17.9. The molecule has 0 aromatic heterocycles. The van der Waals surface area contributed by atoms with E-state index >= 15 is 0 Å². The van der Waals surface area contributed by atoms with Crippen molar-refractivity contribution in [2.45, 2.75) is 91.1 Å². The SMILES string of the molecule is C.CC(C)(C)OC(=O)N1CC=C(c2ccc(Cl)cc2)CC1.CC(C)(C)OC(=O)N1CC[C@@](O)(c2ccc(Cl)cc2)[C@H](O)C1.Cl.ClCCl.Clc1ccc(C2=CCNCC2)cc1. The van der Waals surface area contributed by atoms with Gasteiger partial charge in [-0.05, 0) is 125 Å². The van der Waals surface area contributed by atoms with Crippen molar-refractivity contribution >= 4 is 93.7 Å². The van der Waals surface area contributed by atoms with Gasteiger partial charge in [0.2, 0.25) is 0 Å². The fourth-order valence-corrected chi connectivity index (χ4v) is 6.50. The minimum atomic E-state index is -1.39. The number of aliphatic hydroxyl groups excluding tert-OH is 1. The van der Waals surface area contributed by atoms with Crippen LogP contribution in [0.4, 0.5) is 9.59 Å². The fourth-order valence-electron chi connectivity index (χ4n) is 6.13. The number of piperidine rings is 1. The third-order valence-electron chi connectivity index (χ3n) is 9.06. The van der Waals surface area contributed by atoms with E-state index in [1.807, 2.05) is 57.2 Å². The number of rotatable bonds is 3. The number of alkyl halides is 2. The van der Waals surface area contributed by atoms with Gasteiger partial charge in [0.1, 0.15) is 22.9 Å². The molecule has 3 aliphatic rings. The Hall–Kier alpha value is -2.70. The van der Waals surface area contributed by atoms with Gasteiger partial charge in [-0.2, -0.15) is 0 Å². The molecule has 6 rings (SSSR count). The van der Waals surface area contributed by atoms with Gasteiger partial charge in [-0.15, -0.1) is 35.6 Å². The zero-order valence-corrected chi connectivity index (χ0v) is 39.0. The Morgan fingerprint density at radius 2 is 1.17 bits per heavy atom. The predicted molar refractivity (Wildman–Crippen MR) is 253 cm³/mol. The molecule has 1 fully saturated rings. The molecule has 0 spiro atoms. The van der Waals surface area contributed by atoms with Gasteiger partial charge in [0.05, 0.1) is 11.9 Å². The molecule has 2 atom stereocenters. The van der Waals surface area contributed by atoms with Crippen LogP contribution in [0.1, 0.15) is 84.9 Å². The average molecular weight is 953 g/mol. The first-order valence-corrected chi connectivity index (χ1v) is 21.3. The molecular formula is C45H61Cl6N3O6. The minimum absolute atomic E-state index is 0. The molecule has 2 amide bonds. The number of carbonyl (C=O) groups is 2. The predicted octanol–water partition coefficient (Wildman–Crippen LogP) is 12.1. The molecule has 9 nitrogen and oxygen atoms in total. The number of nitrogens with one attached hydrogen (secondary N) is 1. The van der Waals surface area contributed by atoms with E-state index in [1.165, 1.54) is 27.2 Å². The van der Waals surface area contributed by atoms with Crippen molar-refractivity contribution in [2.24, 2.45) is 0 Å². The lowest BCUT2D eigenvalue weighted by Gasteiger charge is -2.42. The number of β-amino-alcohol motifs (C(OH)–C–C–N with tert-alkyl or cyclic N) is 1. The molecule has 3 N–H and O–H groups in total. The number of ether oxygens (including phenoxy) is 2. The summed E-state index contributed by atoms with van der Waals surface area (Å²) in [4.78, 5) is 27.1. The van der Waals surface area contributed by atoms with E-state index in [-0.39, 0.29) is 44.2 Å². The number of halogens is 6. The Morgan fingerprint density at radius 1 is 0.733 bits per heavy atom. The summed E-state index contributed by atoms with van der Waals surface area (Å²) in [5.74, 6) is 0. The largest absolute Gasteiger partial charge is 0.444 e. The molecule has 0 bridgehead atoms. The highest BCUT2D eigenvalue weighted by molar-refractivity contribution is 6.40. The summed E-state index contributed by atoms with van der Waals surface area (Å²) in [6, 6.07) is 22.6.